The van der Waals surface area contributed by atoms with Crippen LogP contribution in [0.2, 0.25) is 0 Å². The number of likely N-dealkylation sites (tertiary alicyclic amines) is 1. The number of piperazine rings is 1. The van der Waals surface area contributed by atoms with E-state index in [0.717, 1.165) is 64.3 Å². The number of nitrogens with zero attached hydrogens (tertiary/aromatic N) is 3. The van der Waals surface area contributed by atoms with E-state index in [0.29, 0.717) is 5.91 Å². The average molecular weight is 331 g/mol. The van der Waals surface area contributed by atoms with Crippen LogP contribution in [0.5, 0.6) is 0 Å². The average Bonchev–Trinajstić information content (AvgIpc) is 3.11. The maximum Gasteiger partial charge on any atom is 0.227 e. The van der Waals surface area contributed by atoms with Crippen LogP contribution >= 0.6 is 0 Å². The minimum absolute atomic E-state index is 0.0875. The summed E-state index contributed by atoms with van der Waals surface area (Å²) in [5.74, 6) is 0.549. The van der Waals surface area contributed by atoms with Crippen molar-refractivity contribution in [1.82, 2.24) is 14.7 Å². The minimum atomic E-state index is 0.0875. The number of carbonyl (C=O) groups is 1. The van der Waals surface area contributed by atoms with E-state index in [2.05, 4.69) is 27.7 Å². The summed E-state index contributed by atoms with van der Waals surface area (Å²) in [5, 5.41) is 9.45. The van der Waals surface area contributed by atoms with Crippen molar-refractivity contribution in [3.05, 3.63) is 35.4 Å². The summed E-state index contributed by atoms with van der Waals surface area (Å²) in [4.78, 5) is 19.5. The molecule has 1 aromatic carbocycles. The molecule has 5 heteroatoms. The molecule has 1 unspecified atom stereocenters. The first-order chi connectivity index (χ1) is 11.7. The van der Waals surface area contributed by atoms with Gasteiger partial charge in [-0.25, -0.2) is 0 Å². The van der Waals surface area contributed by atoms with E-state index in [-0.39, 0.29) is 12.5 Å². The molecule has 3 rings (SSSR count). The van der Waals surface area contributed by atoms with Gasteiger partial charge in [0.15, 0.2) is 0 Å². The Bertz CT molecular complexity index is 555. The predicted molar refractivity (Wildman–Crippen MR) is 94.4 cm³/mol. The molecule has 0 aliphatic carbocycles. The Morgan fingerprint density at radius 3 is 2.42 bits per heavy atom. The van der Waals surface area contributed by atoms with Crippen LogP contribution in [-0.2, 0) is 17.9 Å². The van der Waals surface area contributed by atoms with Crippen LogP contribution in [-0.4, -0.2) is 71.5 Å². The van der Waals surface area contributed by atoms with Gasteiger partial charge in [0.25, 0.3) is 0 Å². The van der Waals surface area contributed by atoms with E-state index in [4.69, 9.17) is 0 Å². The molecule has 5 nitrogen and oxygen atoms in total. The number of amides is 1. The lowest BCUT2D eigenvalue weighted by atomic mass is 10.1. The second-order valence-electron chi connectivity index (χ2n) is 6.91. The molecule has 1 amide bonds. The van der Waals surface area contributed by atoms with Crippen molar-refractivity contribution in [2.75, 3.05) is 45.8 Å². The molecule has 2 aliphatic rings. The second kappa shape index (κ2) is 8.10. The zero-order chi connectivity index (χ0) is 16.9. The van der Waals surface area contributed by atoms with Crippen molar-refractivity contribution in [2.24, 2.45) is 5.92 Å². The molecule has 1 N–H and O–H groups in total. The fourth-order valence-electron chi connectivity index (χ4n) is 3.81. The highest BCUT2D eigenvalue weighted by Gasteiger charge is 2.32. The number of aliphatic hydroxyl groups is 1. The van der Waals surface area contributed by atoms with Crippen molar-refractivity contribution >= 4 is 5.91 Å². The van der Waals surface area contributed by atoms with E-state index in [1.807, 2.05) is 18.2 Å². The van der Waals surface area contributed by atoms with E-state index in [9.17, 15) is 9.90 Å². The summed E-state index contributed by atoms with van der Waals surface area (Å²) < 4.78 is 0. The first kappa shape index (κ1) is 17.4. The van der Waals surface area contributed by atoms with Gasteiger partial charge in [0.1, 0.15) is 0 Å². The highest BCUT2D eigenvalue weighted by molar-refractivity contribution is 5.79. The van der Waals surface area contributed by atoms with Crippen LogP contribution in [0.4, 0.5) is 0 Å². The van der Waals surface area contributed by atoms with Crippen molar-refractivity contribution < 1.29 is 9.90 Å². The van der Waals surface area contributed by atoms with Gasteiger partial charge in [-0.2, -0.15) is 0 Å². The van der Waals surface area contributed by atoms with Gasteiger partial charge >= 0.3 is 0 Å². The molecule has 132 valence electrons. The van der Waals surface area contributed by atoms with Crippen LogP contribution in [0.3, 0.4) is 0 Å². The molecule has 2 fully saturated rings. The fraction of sp³-hybridized carbons (Fsp3) is 0.632. The van der Waals surface area contributed by atoms with Gasteiger partial charge in [0.05, 0.1) is 12.5 Å². The largest absolute Gasteiger partial charge is 0.392 e. The summed E-state index contributed by atoms with van der Waals surface area (Å²) >= 11 is 0. The lowest BCUT2D eigenvalue weighted by Gasteiger charge is -2.36. The van der Waals surface area contributed by atoms with Crippen molar-refractivity contribution in [1.29, 1.82) is 0 Å². The number of aliphatic hydroxyl groups excluding tert-OH is 1. The standard InChI is InChI=1S/C19H29N3O2/c1-2-20-8-7-17(14-20)19(24)22-11-9-21(10-12-22)13-16-5-3-4-6-18(16)15-23/h3-6,17,23H,2,7-15H2,1H3. The molecule has 2 heterocycles. The van der Waals surface area contributed by atoms with Crippen LogP contribution in [0.1, 0.15) is 24.5 Å². The Labute approximate surface area is 144 Å². The highest BCUT2D eigenvalue weighted by Crippen LogP contribution is 2.20. The van der Waals surface area contributed by atoms with E-state index >= 15 is 0 Å². The van der Waals surface area contributed by atoms with Crippen LogP contribution < -0.4 is 0 Å². The number of benzene rings is 1. The molecular weight excluding hydrogens is 302 g/mol. The third-order valence-electron chi connectivity index (χ3n) is 5.44. The molecule has 0 saturated carbocycles. The van der Waals surface area contributed by atoms with E-state index in [1.54, 1.807) is 0 Å². The fourth-order valence-corrected chi connectivity index (χ4v) is 3.81. The Hall–Kier alpha value is -1.43. The number of carbonyl (C=O) groups excluding carboxylic acids is 1. The van der Waals surface area contributed by atoms with Gasteiger partial charge < -0.3 is 14.9 Å². The molecule has 0 radical (unpaired) electrons. The quantitative estimate of drug-likeness (QED) is 0.880. The van der Waals surface area contributed by atoms with Crippen LogP contribution in [0, 0.1) is 5.92 Å². The topological polar surface area (TPSA) is 47.0 Å². The smallest absolute Gasteiger partial charge is 0.227 e. The number of rotatable bonds is 5. The zero-order valence-electron chi connectivity index (χ0n) is 14.7. The zero-order valence-corrected chi connectivity index (χ0v) is 14.7. The Morgan fingerprint density at radius 2 is 1.79 bits per heavy atom. The molecule has 1 aromatic rings. The normalized spacial score (nSPS) is 22.9. The first-order valence-electron chi connectivity index (χ1n) is 9.12. The maximum absolute atomic E-state index is 12.7. The summed E-state index contributed by atoms with van der Waals surface area (Å²) in [6.07, 6.45) is 1.01. The van der Waals surface area contributed by atoms with Crippen molar-refractivity contribution in [3.8, 4) is 0 Å². The molecule has 0 spiro atoms. The van der Waals surface area contributed by atoms with Gasteiger partial charge in [-0.15, -0.1) is 0 Å². The van der Waals surface area contributed by atoms with Crippen molar-refractivity contribution in [3.63, 3.8) is 0 Å². The Kier molecular flexibility index (Phi) is 5.87. The molecule has 24 heavy (non-hydrogen) atoms. The van der Waals surface area contributed by atoms with Crippen LogP contribution in [0.25, 0.3) is 0 Å². The Morgan fingerprint density at radius 1 is 1.08 bits per heavy atom. The number of hydrogen-bond donors (Lipinski definition) is 1. The lowest BCUT2D eigenvalue weighted by molar-refractivity contribution is -0.137. The third-order valence-corrected chi connectivity index (χ3v) is 5.44. The summed E-state index contributed by atoms with van der Waals surface area (Å²) in [5.41, 5.74) is 2.19. The molecule has 2 saturated heterocycles. The molecule has 1 atom stereocenters. The third kappa shape index (κ3) is 3.97. The van der Waals surface area contributed by atoms with Crippen LogP contribution in [0.15, 0.2) is 24.3 Å². The monoisotopic (exact) mass is 331 g/mol. The first-order valence-corrected chi connectivity index (χ1v) is 9.12. The number of hydrogen-bond acceptors (Lipinski definition) is 4. The predicted octanol–water partition coefficient (Wildman–Crippen LogP) is 1.16. The lowest BCUT2D eigenvalue weighted by Crippen LogP contribution is -2.50. The van der Waals surface area contributed by atoms with Crippen molar-refractivity contribution in [2.45, 2.75) is 26.5 Å². The molecule has 0 bridgehead atoms. The molecule has 2 aliphatic heterocycles. The molecular formula is C19H29N3O2. The van der Waals surface area contributed by atoms with Gasteiger partial charge in [-0.05, 0) is 30.6 Å². The van der Waals surface area contributed by atoms with E-state index in [1.165, 1.54) is 5.56 Å². The van der Waals surface area contributed by atoms with Gasteiger partial charge in [-0.3, -0.25) is 9.69 Å². The maximum atomic E-state index is 12.7. The highest BCUT2D eigenvalue weighted by atomic mass is 16.3. The summed E-state index contributed by atoms with van der Waals surface area (Å²) in [6.45, 7) is 9.61. The SMILES string of the molecule is CCN1CCC(C(=O)N2CCN(Cc3ccccc3CO)CC2)C1. The summed E-state index contributed by atoms with van der Waals surface area (Å²) in [7, 11) is 0. The molecule has 0 aromatic heterocycles. The van der Waals surface area contributed by atoms with Gasteiger partial charge in [-0.1, -0.05) is 31.2 Å². The Balaban J connectivity index is 1.50. The minimum Gasteiger partial charge on any atom is -0.392 e. The van der Waals surface area contributed by atoms with E-state index < -0.39 is 0 Å². The second-order valence-corrected chi connectivity index (χ2v) is 6.91. The van der Waals surface area contributed by atoms with Gasteiger partial charge in [0.2, 0.25) is 5.91 Å². The van der Waals surface area contributed by atoms with Gasteiger partial charge in [0, 0.05) is 39.3 Å². The summed E-state index contributed by atoms with van der Waals surface area (Å²) in [6, 6.07) is 8.05.